The van der Waals surface area contributed by atoms with Crippen LogP contribution in [0, 0.1) is 0 Å². The maximum absolute atomic E-state index is 4.65. The van der Waals surface area contributed by atoms with Gasteiger partial charge in [-0.05, 0) is 18.6 Å². The fourth-order valence-electron chi connectivity index (χ4n) is 2.03. The van der Waals surface area contributed by atoms with Gasteiger partial charge in [0.1, 0.15) is 0 Å². The molecule has 1 N–H and O–H groups in total. The monoisotopic (exact) mass is 294 g/mol. The first kappa shape index (κ1) is 10.3. The molecule has 2 aromatic rings. The van der Waals surface area contributed by atoms with Crippen molar-refractivity contribution in [2.45, 2.75) is 13.3 Å². The number of aromatic nitrogens is 1. The van der Waals surface area contributed by atoms with Gasteiger partial charge in [-0.25, -0.2) is 4.98 Å². The Hall–Kier alpha value is -0.870. The number of rotatable bonds is 2. The summed E-state index contributed by atoms with van der Waals surface area (Å²) in [5.41, 5.74) is 3.82. The summed E-state index contributed by atoms with van der Waals surface area (Å²) in [6.45, 7) is 3.02. The Bertz CT molecular complexity index is 548. The second kappa shape index (κ2) is 3.86. The number of hydrogen-bond acceptors (Lipinski definition) is 3. The molecular weight excluding hydrogens is 284 g/mol. The normalized spacial score (nSPS) is 12.4. The number of anilines is 1. The molecule has 3 rings (SSSR count). The molecule has 16 heavy (non-hydrogen) atoms. The van der Waals surface area contributed by atoms with E-state index in [1.165, 1.54) is 20.5 Å². The molecular formula is C12H11BrN2S. The average Bonchev–Trinajstić information content (AvgIpc) is 2.77. The Labute approximate surface area is 107 Å². The third kappa shape index (κ3) is 1.48. The smallest absolute Gasteiger partial charge is 0.183 e. The molecule has 82 valence electrons. The van der Waals surface area contributed by atoms with Crippen LogP contribution in [0.15, 0.2) is 22.7 Å². The summed E-state index contributed by atoms with van der Waals surface area (Å²) in [6, 6.07) is 6.33. The second-order valence-corrected chi connectivity index (χ2v) is 5.70. The van der Waals surface area contributed by atoms with Gasteiger partial charge in [0.15, 0.2) is 5.13 Å². The van der Waals surface area contributed by atoms with Gasteiger partial charge in [0.25, 0.3) is 0 Å². The largest absolute Gasteiger partial charge is 0.362 e. The molecule has 1 heterocycles. The van der Waals surface area contributed by atoms with Gasteiger partial charge in [0, 0.05) is 27.9 Å². The average molecular weight is 295 g/mol. The summed E-state index contributed by atoms with van der Waals surface area (Å²) in [6.07, 6.45) is 1.01. The van der Waals surface area contributed by atoms with Gasteiger partial charge < -0.3 is 5.32 Å². The Morgan fingerprint density at radius 2 is 2.38 bits per heavy atom. The van der Waals surface area contributed by atoms with Crippen LogP contribution in [0.3, 0.4) is 0 Å². The van der Waals surface area contributed by atoms with E-state index in [1.807, 2.05) is 0 Å². The molecule has 1 aromatic carbocycles. The Balaban J connectivity index is 2.10. The van der Waals surface area contributed by atoms with Crippen molar-refractivity contribution in [3.63, 3.8) is 0 Å². The lowest BCUT2D eigenvalue weighted by Gasteiger charge is -2.01. The first-order valence-electron chi connectivity index (χ1n) is 5.31. The van der Waals surface area contributed by atoms with Crippen LogP contribution in [-0.2, 0) is 6.42 Å². The molecule has 0 bridgehead atoms. The van der Waals surface area contributed by atoms with Gasteiger partial charge in [0.2, 0.25) is 0 Å². The van der Waals surface area contributed by atoms with Gasteiger partial charge in [-0.3, -0.25) is 0 Å². The molecule has 4 heteroatoms. The number of hydrogen-bond donors (Lipinski definition) is 1. The standard InChI is InChI=1S/C12H11BrN2S/c1-2-14-12-15-11-7-4-3-5-9(13)8(7)6-10(11)16-12/h3-5H,2,6H2,1H3,(H,14,15). The zero-order valence-corrected chi connectivity index (χ0v) is 11.3. The summed E-state index contributed by atoms with van der Waals surface area (Å²) >= 11 is 5.37. The van der Waals surface area contributed by atoms with Crippen LogP contribution < -0.4 is 5.32 Å². The lowest BCUT2D eigenvalue weighted by atomic mass is 10.1. The van der Waals surface area contributed by atoms with Gasteiger partial charge in [-0.15, -0.1) is 11.3 Å². The molecule has 0 amide bonds. The van der Waals surface area contributed by atoms with E-state index in [0.29, 0.717) is 0 Å². The number of nitrogens with zero attached hydrogens (tertiary/aromatic N) is 1. The maximum Gasteiger partial charge on any atom is 0.183 e. The highest BCUT2D eigenvalue weighted by molar-refractivity contribution is 9.10. The van der Waals surface area contributed by atoms with Crippen molar-refractivity contribution in [1.82, 2.24) is 4.98 Å². The van der Waals surface area contributed by atoms with Crippen molar-refractivity contribution < 1.29 is 0 Å². The molecule has 1 aromatic heterocycles. The lowest BCUT2D eigenvalue weighted by molar-refractivity contribution is 1.19. The molecule has 0 aliphatic heterocycles. The highest BCUT2D eigenvalue weighted by Gasteiger charge is 2.24. The van der Waals surface area contributed by atoms with E-state index < -0.39 is 0 Å². The van der Waals surface area contributed by atoms with Gasteiger partial charge in [0.05, 0.1) is 5.69 Å². The Morgan fingerprint density at radius 1 is 1.50 bits per heavy atom. The first-order valence-corrected chi connectivity index (χ1v) is 6.92. The fourth-order valence-corrected chi connectivity index (χ4v) is 3.59. The van der Waals surface area contributed by atoms with E-state index in [9.17, 15) is 0 Å². The van der Waals surface area contributed by atoms with E-state index in [-0.39, 0.29) is 0 Å². The first-order chi connectivity index (χ1) is 7.79. The van der Waals surface area contributed by atoms with Crippen LogP contribution in [0.1, 0.15) is 17.4 Å². The molecule has 2 nitrogen and oxygen atoms in total. The third-order valence-corrected chi connectivity index (χ3v) is 4.49. The number of halogens is 1. The number of benzene rings is 1. The van der Waals surface area contributed by atoms with Crippen molar-refractivity contribution in [3.8, 4) is 11.3 Å². The minimum Gasteiger partial charge on any atom is -0.362 e. The lowest BCUT2D eigenvalue weighted by Crippen LogP contribution is -1.95. The van der Waals surface area contributed by atoms with Gasteiger partial charge >= 0.3 is 0 Å². The minimum absolute atomic E-state index is 0.928. The van der Waals surface area contributed by atoms with Crippen LogP contribution in [0.25, 0.3) is 11.3 Å². The SMILES string of the molecule is CCNc1nc2c(s1)Cc1c(Br)cccc1-2. The van der Waals surface area contributed by atoms with Crippen LogP contribution in [0.4, 0.5) is 5.13 Å². The quantitative estimate of drug-likeness (QED) is 0.775. The molecule has 0 saturated carbocycles. The Morgan fingerprint density at radius 3 is 3.19 bits per heavy atom. The van der Waals surface area contributed by atoms with Gasteiger partial charge in [-0.2, -0.15) is 0 Å². The van der Waals surface area contributed by atoms with Crippen molar-refractivity contribution >= 4 is 32.4 Å². The molecule has 1 aliphatic rings. The molecule has 0 saturated heterocycles. The molecule has 0 spiro atoms. The summed E-state index contributed by atoms with van der Waals surface area (Å²) in [4.78, 5) is 6.02. The maximum atomic E-state index is 4.65. The highest BCUT2D eigenvalue weighted by Crippen LogP contribution is 2.43. The zero-order valence-electron chi connectivity index (χ0n) is 8.88. The fraction of sp³-hybridized carbons (Fsp3) is 0.250. The second-order valence-electron chi connectivity index (χ2n) is 3.76. The minimum atomic E-state index is 0.928. The van der Waals surface area contributed by atoms with Crippen LogP contribution >= 0.6 is 27.3 Å². The van der Waals surface area contributed by atoms with E-state index >= 15 is 0 Å². The zero-order chi connectivity index (χ0) is 11.1. The van der Waals surface area contributed by atoms with Gasteiger partial charge in [-0.1, -0.05) is 28.1 Å². The van der Waals surface area contributed by atoms with Crippen molar-refractivity contribution in [3.05, 3.63) is 33.1 Å². The van der Waals surface area contributed by atoms with E-state index in [4.69, 9.17) is 0 Å². The van der Waals surface area contributed by atoms with Crippen molar-refractivity contribution in [1.29, 1.82) is 0 Å². The summed E-state index contributed by atoms with van der Waals surface area (Å²) in [5.74, 6) is 0. The van der Waals surface area contributed by atoms with E-state index in [2.05, 4.69) is 51.4 Å². The van der Waals surface area contributed by atoms with Crippen LogP contribution in [0.2, 0.25) is 0 Å². The van der Waals surface area contributed by atoms with Crippen molar-refractivity contribution in [2.75, 3.05) is 11.9 Å². The van der Waals surface area contributed by atoms with Crippen molar-refractivity contribution in [2.24, 2.45) is 0 Å². The number of thiazole rings is 1. The topological polar surface area (TPSA) is 24.9 Å². The summed E-state index contributed by atoms with van der Waals surface area (Å²) in [5, 5.41) is 4.32. The molecule has 1 aliphatic carbocycles. The summed E-state index contributed by atoms with van der Waals surface area (Å²) < 4.78 is 1.19. The Kier molecular flexibility index (Phi) is 2.48. The molecule has 0 radical (unpaired) electrons. The number of nitrogens with one attached hydrogen (secondary N) is 1. The molecule has 0 unspecified atom stereocenters. The predicted octanol–water partition coefficient (Wildman–Crippen LogP) is 3.91. The van der Waals surface area contributed by atoms with Crippen LogP contribution in [-0.4, -0.2) is 11.5 Å². The van der Waals surface area contributed by atoms with E-state index in [0.717, 1.165) is 23.8 Å². The third-order valence-electron chi connectivity index (χ3n) is 2.74. The predicted molar refractivity (Wildman–Crippen MR) is 72.2 cm³/mol. The molecule has 0 fully saturated rings. The molecule has 0 atom stereocenters. The highest BCUT2D eigenvalue weighted by atomic mass is 79.9. The van der Waals surface area contributed by atoms with Crippen LogP contribution in [0.5, 0.6) is 0 Å². The number of fused-ring (bicyclic) bond motifs is 3. The van der Waals surface area contributed by atoms with E-state index in [1.54, 1.807) is 11.3 Å². The summed E-state index contributed by atoms with van der Waals surface area (Å²) in [7, 11) is 0.